The number of hydrogen-bond acceptors (Lipinski definition) is 6. The molecular weight excluding hydrogens is 338 g/mol. The number of aromatic nitrogens is 2. The smallest absolute Gasteiger partial charge is 0.136 e. The molecule has 0 amide bonds. The molecule has 1 fully saturated rings. The zero-order chi connectivity index (χ0) is 19.1. The quantitative estimate of drug-likeness (QED) is 0.759. The predicted molar refractivity (Wildman–Crippen MR) is 112 cm³/mol. The fraction of sp³-hybridized carbons (Fsp3) is 0.524. The first-order valence-electron chi connectivity index (χ1n) is 10.0. The number of morpholine rings is 1. The molecule has 0 saturated carbocycles. The number of para-hydroxylation sites is 2. The van der Waals surface area contributed by atoms with Gasteiger partial charge in [-0.3, -0.25) is 0 Å². The topological polar surface area (TPSA) is 53.5 Å². The summed E-state index contributed by atoms with van der Waals surface area (Å²) in [6, 6.07) is 10.5. The first kappa shape index (κ1) is 19.4. The summed E-state index contributed by atoms with van der Waals surface area (Å²) in [5.41, 5.74) is 2.26. The van der Waals surface area contributed by atoms with Crippen LogP contribution in [0.4, 0.5) is 23.0 Å². The maximum absolute atomic E-state index is 5.49. The van der Waals surface area contributed by atoms with Gasteiger partial charge in [-0.1, -0.05) is 26.0 Å². The molecule has 146 valence electrons. The largest absolute Gasteiger partial charge is 0.378 e. The van der Waals surface area contributed by atoms with E-state index >= 15 is 0 Å². The summed E-state index contributed by atoms with van der Waals surface area (Å²) in [4.78, 5) is 14.0. The first-order chi connectivity index (χ1) is 13.2. The molecule has 1 aromatic heterocycles. The van der Waals surface area contributed by atoms with E-state index in [1.807, 2.05) is 6.92 Å². The average molecular weight is 370 g/mol. The molecule has 6 nitrogen and oxygen atoms in total. The van der Waals surface area contributed by atoms with Gasteiger partial charge in [0.05, 0.1) is 24.6 Å². The number of ether oxygens (including phenoxy) is 1. The molecule has 2 aromatic rings. The van der Waals surface area contributed by atoms with E-state index in [0.717, 1.165) is 75.4 Å². The predicted octanol–water partition coefficient (Wildman–Crippen LogP) is 3.99. The third-order valence-corrected chi connectivity index (χ3v) is 4.65. The lowest BCUT2D eigenvalue weighted by Crippen LogP contribution is -2.36. The van der Waals surface area contributed by atoms with Crippen molar-refractivity contribution in [2.24, 2.45) is 0 Å². The van der Waals surface area contributed by atoms with Gasteiger partial charge in [-0.05, 0) is 31.9 Å². The van der Waals surface area contributed by atoms with E-state index in [9.17, 15) is 0 Å². The normalized spacial score (nSPS) is 14.3. The molecule has 0 radical (unpaired) electrons. The van der Waals surface area contributed by atoms with Gasteiger partial charge in [-0.15, -0.1) is 0 Å². The van der Waals surface area contributed by atoms with Crippen LogP contribution >= 0.6 is 0 Å². The van der Waals surface area contributed by atoms with Crippen LogP contribution in [0.25, 0.3) is 0 Å². The zero-order valence-electron chi connectivity index (χ0n) is 16.7. The second-order valence-corrected chi connectivity index (χ2v) is 6.89. The highest BCUT2D eigenvalue weighted by Crippen LogP contribution is 2.29. The molecule has 6 heteroatoms. The van der Waals surface area contributed by atoms with Gasteiger partial charge >= 0.3 is 0 Å². The molecule has 0 spiro atoms. The zero-order valence-corrected chi connectivity index (χ0v) is 16.7. The Labute approximate surface area is 162 Å². The van der Waals surface area contributed by atoms with Crippen LogP contribution in [-0.4, -0.2) is 49.4 Å². The molecule has 3 rings (SSSR count). The number of rotatable bonds is 8. The molecule has 0 bridgehead atoms. The van der Waals surface area contributed by atoms with Crippen LogP contribution in [0.5, 0.6) is 0 Å². The summed E-state index contributed by atoms with van der Waals surface area (Å²) >= 11 is 0. The Balaban J connectivity index is 1.85. The van der Waals surface area contributed by atoms with Gasteiger partial charge in [0, 0.05) is 32.2 Å². The minimum atomic E-state index is 0.772. The van der Waals surface area contributed by atoms with Crippen molar-refractivity contribution in [1.29, 1.82) is 0 Å². The van der Waals surface area contributed by atoms with E-state index < -0.39 is 0 Å². The third-order valence-electron chi connectivity index (χ3n) is 4.65. The van der Waals surface area contributed by atoms with Crippen LogP contribution in [0, 0.1) is 6.92 Å². The van der Waals surface area contributed by atoms with Gasteiger partial charge in [0.25, 0.3) is 0 Å². The van der Waals surface area contributed by atoms with Gasteiger partial charge in [-0.25, -0.2) is 9.97 Å². The van der Waals surface area contributed by atoms with Crippen LogP contribution in [-0.2, 0) is 4.74 Å². The summed E-state index contributed by atoms with van der Waals surface area (Å²) < 4.78 is 5.49. The summed E-state index contributed by atoms with van der Waals surface area (Å²) in [5.74, 6) is 2.63. The van der Waals surface area contributed by atoms with E-state index in [2.05, 4.69) is 69.3 Å². The van der Waals surface area contributed by atoms with Gasteiger partial charge in [0.15, 0.2) is 0 Å². The monoisotopic (exact) mass is 369 g/mol. The average Bonchev–Trinajstić information content (AvgIpc) is 2.68. The molecule has 2 heterocycles. The number of nitrogens with one attached hydrogen (secondary N) is 1. The van der Waals surface area contributed by atoms with E-state index in [1.54, 1.807) is 0 Å². The van der Waals surface area contributed by atoms with Crippen molar-refractivity contribution < 1.29 is 4.74 Å². The minimum Gasteiger partial charge on any atom is -0.378 e. The lowest BCUT2D eigenvalue weighted by molar-refractivity contribution is 0.123. The number of anilines is 4. The molecular formula is C21H31N5O. The number of nitrogens with zero attached hydrogens (tertiary/aromatic N) is 4. The van der Waals surface area contributed by atoms with Crippen molar-refractivity contribution in [1.82, 2.24) is 9.97 Å². The van der Waals surface area contributed by atoms with Gasteiger partial charge in [0.2, 0.25) is 0 Å². The van der Waals surface area contributed by atoms with Crippen molar-refractivity contribution in [3.05, 3.63) is 36.2 Å². The van der Waals surface area contributed by atoms with E-state index in [0.29, 0.717) is 0 Å². The van der Waals surface area contributed by atoms with Crippen molar-refractivity contribution in [2.45, 2.75) is 33.6 Å². The van der Waals surface area contributed by atoms with Crippen LogP contribution in [0.15, 0.2) is 30.3 Å². The van der Waals surface area contributed by atoms with Crippen molar-refractivity contribution >= 4 is 23.0 Å². The molecule has 0 aliphatic carbocycles. The summed E-state index contributed by atoms with van der Waals surface area (Å²) in [6.45, 7) is 11.7. The highest BCUT2D eigenvalue weighted by atomic mass is 16.5. The highest BCUT2D eigenvalue weighted by Gasteiger charge is 2.16. The molecule has 0 atom stereocenters. The van der Waals surface area contributed by atoms with Crippen molar-refractivity contribution in [3.8, 4) is 0 Å². The van der Waals surface area contributed by atoms with Gasteiger partial charge in [0.1, 0.15) is 17.5 Å². The second-order valence-electron chi connectivity index (χ2n) is 6.89. The highest BCUT2D eigenvalue weighted by molar-refractivity contribution is 5.75. The van der Waals surface area contributed by atoms with Crippen molar-refractivity contribution in [3.63, 3.8) is 0 Å². The first-order valence-corrected chi connectivity index (χ1v) is 10.0. The lowest BCUT2D eigenvalue weighted by Gasteiger charge is -2.30. The molecule has 1 aromatic carbocycles. The Kier molecular flexibility index (Phi) is 6.87. The van der Waals surface area contributed by atoms with Crippen LogP contribution in [0.3, 0.4) is 0 Å². The molecule has 1 aliphatic rings. The number of benzene rings is 1. The number of aryl methyl sites for hydroxylation is 1. The SMILES string of the molecule is CCCN(CCC)c1cc(Nc2ccccc2N2CCOCC2)nc(C)n1. The Morgan fingerprint density at radius 3 is 2.48 bits per heavy atom. The van der Waals surface area contributed by atoms with Crippen molar-refractivity contribution in [2.75, 3.05) is 54.5 Å². The lowest BCUT2D eigenvalue weighted by atomic mass is 10.2. The molecule has 1 aliphatic heterocycles. The fourth-order valence-corrected chi connectivity index (χ4v) is 3.46. The molecule has 1 N–H and O–H groups in total. The number of hydrogen-bond donors (Lipinski definition) is 1. The molecule has 0 unspecified atom stereocenters. The Morgan fingerprint density at radius 1 is 1.07 bits per heavy atom. The maximum Gasteiger partial charge on any atom is 0.136 e. The van der Waals surface area contributed by atoms with E-state index in [1.165, 1.54) is 5.69 Å². The van der Waals surface area contributed by atoms with Gasteiger partial charge in [-0.2, -0.15) is 0 Å². The molecule has 27 heavy (non-hydrogen) atoms. The van der Waals surface area contributed by atoms with Crippen LogP contribution in [0.1, 0.15) is 32.5 Å². The summed E-state index contributed by atoms with van der Waals surface area (Å²) in [5, 5.41) is 3.53. The van der Waals surface area contributed by atoms with E-state index in [4.69, 9.17) is 4.74 Å². The molecule has 1 saturated heterocycles. The minimum absolute atomic E-state index is 0.772. The van der Waals surface area contributed by atoms with Crippen LogP contribution in [0.2, 0.25) is 0 Å². The Bertz CT molecular complexity index is 724. The standard InChI is InChI=1S/C21H31N5O/c1-4-10-26(11-5-2)21-16-20(22-17(3)23-21)24-18-8-6-7-9-19(18)25-12-14-27-15-13-25/h6-9,16H,4-5,10-15H2,1-3H3,(H,22,23,24). The second kappa shape index (κ2) is 9.55. The Hall–Kier alpha value is -2.34. The summed E-state index contributed by atoms with van der Waals surface area (Å²) in [7, 11) is 0. The fourth-order valence-electron chi connectivity index (χ4n) is 3.46. The summed E-state index contributed by atoms with van der Waals surface area (Å²) in [6.07, 6.45) is 2.21. The maximum atomic E-state index is 5.49. The van der Waals surface area contributed by atoms with E-state index in [-0.39, 0.29) is 0 Å². The third kappa shape index (κ3) is 5.10. The van der Waals surface area contributed by atoms with Crippen LogP contribution < -0.4 is 15.1 Å². The van der Waals surface area contributed by atoms with Gasteiger partial charge < -0.3 is 19.9 Å². The Morgan fingerprint density at radius 2 is 1.78 bits per heavy atom.